The summed E-state index contributed by atoms with van der Waals surface area (Å²) >= 11 is 1.74. The van der Waals surface area contributed by atoms with Crippen molar-refractivity contribution in [2.45, 2.75) is 25.8 Å². The molecule has 0 saturated heterocycles. The molecule has 2 N–H and O–H groups in total. The SMILES string of the molecule is CCSCCC(CC(=O)O)NC=O. The van der Waals surface area contributed by atoms with Gasteiger partial charge in [-0.05, 0) is 17.9 Å². The van der Waals surface area contributed by atoms with E-state index in [1.165, 1.54) is 0 Å². The molecule has 0 rings (SSSR count). The second kappa shape index (κ2) is 7.91. The van der Waals surface area contributed by atoms with Gasteiger partial charge in [0.05, 0.1) is 6.42 Å². The smallest absolute Gasteiger partial charge is 0.305 e. The molecular weight excluding hydrogens is 190 g/mol. The summed E-state index contributed by atoms with van der Waals surface area (Å²) in [6.45, 7) is 2.05. The molecule has 1 unspecified atom stereocenters. The number of carbonyl (C=O) groups is 2. The Bertz CT molecular complexity index is 163. The standard InChI is InChI=1S/C8H15NO3S/c1-2-13-4-3-7(9-6-10)5-8(11)12/h6-7H,2-5H2,1H3,(H,9,10)(H,11,12). The summed E-state index contributed by atoms with van der Waals surface area (Å²) in [7, 11) is 0. The van der Waals surface area contributed by atoms with Crippen LogP contribution in [0.25, 0.3) is 0 Å². The van der Waals surface area contributed by atoms with E-state index in [1.807, 2.05) is 6.92 Å². The fraction of sp³-hybridized carbons (Fsp3) is 0.750. The Morgan fingerprint density at radius 2 is 2.38 bits per heavy atom. The van der Waals surface area contributed by atoms with E-state index in [9.17, 15) is 9.59 Å². The molecular formula is C8H15NO3S. The molecule has 0 aromatic carbocycles. The number of carboxylic acids is 1. The minimum Gasteiger partial charge on any atom is -0.481 e. The zero-order valence-corrected chi connectivity index (χ0v) is 8.47. The molecule has 0 aliphatic carbocycles. The van der Waals surface area contributed by atoms with E-state index >= 15 is 0 Å². The molecule has 0 heterocycles. The van der Waals surface area contributed by atoms with E-state index < -0.39 is 5.97 Å². The van der Waals surface area contributed by atoms with E-state index in [-0.39, 0.29) is 12.5 Å². The van der Waals surface area contributed by atoms with Gasteiger partial charge < -0.3 is 10.4 Å². The molecule has 1 atom stereocenters. The lowest BCUT2D eigenvalue weighted by Crippen LogP contribution is -2.30. The fourth-order valence-corrected chi connectivity index (χ4v) is 1.66. The zero-order valence-electron chi connectivity index (χ0n) is 7.66. The zero-order chi connectivity index (χ0) is 10.1. The van der Waals surface area contributed by atoms with Crippen LogP contribution in [0, 0.1) is 0 Å². The molecule has 1 amide bonds. The maximum Gasteiger partial charge on any atom is 0.305 e. The van der Waals surface area contributed by atoms with Crippen molar-refractivity contribution >= 4 is 24.1 Å². The van der Waals surface area contributed by atoms with Gasteiger partial charge in [0.25, 0.3) is 0 Å². The van der Waals surface area contributed by atoms with Crippen molar-refractivity contribution in [3.63, 3.8) is 0 Å². The van der Waals surface area contributed by atoms with E-state index in [4.69, 9.17) is 5.11 Å². The molecule has 0 bridgehead atoms. The van der Waals surface area contributed by atoms with Crippen LogP contribution in [-0.2, 0) is 9.59 Å². The number of amides is 1. The highest BCUT2D eigenvalue weighted by Crippen LogP contribution is 2.06. The molecule has 4 nitrogen and oxygen atoms in total. The van der Waals surface area contributed by atoms with Gasteiger partial charge in [0, 0.05) is 6.04 Å². The van der Waals surface area contributed by atoms with Gasteiger partial charge in [0.2, 0.25) is 6.41 Å². The van der Waals surface area contributed by atoms with Crippen LogP contribution in [0.1, 0.15) is 19.8 Å². The van der Waals surface area contributed by atoms with Crippen molar-refractivity contribution < 1.29 is 14.7 Å². The van der Waals surface area contributed by atoms with Crippen molar-refractivity contribution in [1.82, 2.24) is 5.32 Å². The molecule has 0 aliphatic rings. The lowest BCUT2D eigenvalue weighted by atomic mass is 10.1. The van der Waals surface area contributed by atoms with Crippen LogP contribution >= 0.6 is 11.8 Å². The monoisotopic (exact) mass is 205 g/mol. The first-order valence-corrected chi connectivity index (χ1v) is 5.35. The summed E-state index contributed by atoms with van der Waals surface area (Å²) in [5.41, 5.74) is 0. The average Bonchev–Trinajstić information content (AvgIpc) is 2.04. The third-order valence-corrected chi connectivity index (χ3v) is 2.47. The predicted molar refractivity (Wildman–Crippen MR) is 52.9 cm³/mol. The minimum absolute atomic E-state index is 0.00299. The van der Waals surface area contributed by atoms with Gasteiger partial charge in [0.15, 0.2) is 0 Å². The molecule has 0 aromatic heterocycles. The largest absolute Gasteiger partial charge is 0.481 e. The van der Waals surface area contributed by atoms with Crippen LogP contribution in [-0.4, -0.2) is 35.0 Å². The molecule has 0 spiro atoms. The lowest BCUT2D eigenvalue weighted by molar-refractivity contribution is -0.137. The number of thioether (sulfide) groups is 1. The molecule has 5 heteroatoms. The van der Waals surface area contributed by atoms with Gasteiger partial charge in [-0.3, -0.25) is 9.59 Å². The topological polar surface area (TPSA) is 66.4 Å². The van der Waals surface area contributed by atoms with Crippen LogP contribution in [0.3, 0.4) is 0 Å². The fourth-order valence-electron chi connectivity index (χ4n) is 0.921. The van der Waals surface area contributed by atoms with Crippen molar-refractivity contribution in [2.75, 3.05) is 11.5 Å². The van der Waals surface area contributed by atoms with Gasteiger partial charge in [-0.1, -0.05) is 6.92 Å². The number of nitrogens with one attached hydrogen (secondary N) is 1. The van der Waals surface area contributed by atoms with Gasteiger partial charge in [-0.25, -0.2) is 0 Å². The summed E-state index contributed by atoms with van der Waals surface area (Å²) in [6, 6.07) is -0.228. The number of carboxylic acid groups (broad SMARTS) is 1. The summed E-state index contributed by atoms with van der Waals surface area (Å²) in [5.74, 6) is 1.02. The van der Waals surface area contributed by atoms with Crippen LogP contribution in [0.15, 0.2) is 0 Å². The summed E-state index contributed by atoms with van der Waals surface area (Å²) < 4.78 is 0. The summed E-state index contributed by atoms with van der Waals surface area (Å²) in [5, 5.41) is 11.0. The van der Waals surface area contributed by atoms with Crippen molar-refractivity contribution in [1.29, 1.82) is 0 Å². The average molecular weight is 205 g/mol. The van der Waals surface area contributed by atoms with Crippen LogP contribution in [0.2, 0.25) is 0 Å². The highest BCUT2D eigenvalue weighted by Gasteiger charge is 2.11. The van der Waals surface area contributed by atoms with Crippen molar-refractivity contribution in [3.05, 3.63) is 0 Å². The Labute approximate surface area is 82.1 Å². The molecule has 76 valence electrons. The Balaban J connectivity index is 3.65. The second-order valence-corrected chi connectivity index (χ2v) is 3.96. The number of carbonyl (C=O) groups excluding carboxylic acids is 1. The molecule has 0 aliphatic heterocycles. The van der Waals surface area contributed by atoms with E-state index in [1.54, 1.807) is 11.8 Å². The summed E-state index contributed by atoms with van der Waals surface area (Å²) in [6.07, 6.45) is 1.27. The maximum absolute atomic E-state index is 10.4. The van der Waals surface area contributed by atoms with Crippen LogP contribution in [0.4, 0.5) is 0 Å². The Morgan fingerprint density at radius 3 is 2.85 bits per heavy atom. The lowest BCUT2D eigenvalue weighted by Gasteiger charge is -2.12. The predicted octanol–water partition coefficient (Wildman–Crippen LogP) is 0.719. The molecule has 13 heavy (non-hydrogen) atoms. The van der Waals surface area contributed by atoms with Crippen LogP contribution < -0.4 is 5.32 Å². The molecule has 0 fully saturated rings. The quantitative estimate of drug-likeness (QED) is 0.452. The molecule has 0 aromatic rings. The van der Waals surface area contributed by atoms with Crippen molar-refractivity contribution in [3.8, 4) is 0 Å². The normalized spacial score (nSPS) is 12.1. The van der Waals surface area contributed by atoms with Crippen molar-refractivity contribution in [2.24, 2.45) is 0 Å². The van der Waals surface area contributed by atoms with Gasteiger partial charge in [-0.15, -0.1) is 0 Å². The third-order valence-electron chi connectivity index (χ3n) is 1.54. The summed E-state index contributed by atoms with van der Waals surface area (Å²) in [4.78, 5) is 20.5. The van der Waals surface area contributed by atoms with Gasteiger partial charge in [-0.2, -0.15) is 11.8 Å². The van der Waals surface area contributed by atoms with Crippen LogP contribution in [0.5, 0.6) is 0 Å². The Morgan fingerprint density at radius 1 is 1.69 bits per heavy atom. The molecule has 0 saturated carbocycles. The number of hydrogen-bond acceptors (Lipinski definition) is 3. The maximum atomic E-state index is 10.4. The third kappa shape index (κ3) is 7.64. The first-order valence-electron chi connectivity index (χ1n) is 4.20. The number of rotatable bonds is 8. The Hall–Kier alpha value is -0.710. The first-order chi connectivity index (χ1) is 6.20. The first kappa shape index (κ1) is 12.3. The van der Waals surface area contributed by atoms with E-state index in [0.29, 0.717) is 12.8 Å². The number of aliphatic carboxylic acids is 1. The molecule has 0 radical (unpaired) electrons. The van der Waals surface area contributed by atoms with E-state index in [2.05, 4.69) is 5.32 Å². The second-order valence-electron chi connectivity index (χ2n) is 2.56. The van der Waals surface area contributed by atoms with Gasteiger partial charge >= 0.3 is 5.97 Å². The number of hydrogen-bond donors (Lipinski definition) is 2. The Kier molecular flexibility index (Phi) is 7.48. The highest BCUT2D eigenvalue weighted by atomic mass is 32.2. The van der Waals surface area contributed by atoms with E-state index in [0.717, 1.165) is 11.5 Å². The van der Waals surface area contributed by atoms with Gasteiger partial charge in [0.1, 0.15) is 0 Å². The minimum atomic E-state index is -0.874. The highest BCUT2D eigenvalue weighted by molar-refractivity contribution is 7.99.